The summed E-state index contributed by atoms with van der Waals surface area (Å²) in [5, 5.41) is 0. The molecular formula is C23H33N2O2+. The fourth-order valence-electron chi connectivity index (χ4n) is 5.65. The Labute approximate surface area is 163 Å². The third-order valence-corrected chi connectivity index (χ3v) is 7.18. The molecule has 1 saturated heterocycles. The second-order valence-corrected chi connectivity index (χ2v) is 9.32. The number of esters is 1. The summed E-state index contributed by atoms with van der Waals surface area (Å²) in [7, 11) is 2.19. The Morgan fingerprint density at radius 1 is 1.37 bits per heavy atom. The first-order chi connectivity index (χ1) is 13.0. The minimum absolute atomic E-state index is 0.00455. The van der Waals surface area contributed by atoms with Gasteiger partial charge in [0.25, 0.3) is 0 Å². The highest BCUT2D eigenvalue weighted by Gasteiger charge is 2.52. The Balaban J connectivity index is 1.44. The number of quaternary nitrogens is 1. The number of likely N-dealkylation sites (N-methyl/N-ethyl adjacent to an activating group) is 1. The van der Waals surface area contributed by atoms with E-state index in [1.165, 1.54) is 24.2 Å². The number of carbonyl (C=O) groups is 1. The van der Waals surface area contributed by atoms with Crippen LogP contribution in [-0.2, 0) is 16.0 Å². The van der Waals surface area contributed by atoms with Gasteiger partial charge in [0, 0.05) is 24.2 Å². The molecule has 1 aliphatic heterocycles. The number of ether oxygens (including phenoxy) is 1. The molecule has 27 heavy (non-hydrogen) atoms. The fraction of sp³-hybridized carbons (Fsp3) is 0.652. The first kappa shape index (κ1) is 18.7. The Morgan fingerprint density at radius 3 is 3.00 bits per heavy atom. The zero-order chi connectivity index (χ0) is 19.0. The lowest BCUT2D eigenvalue weighted by atomic mass is 9.59. The number of rotatable bonds is 5. The van der Waals surface area contributed by atoms with Gasteiger partial charge in [0.2, 0.25) is 0 Å². The Bertz CT molecular complexity index is 716. The van der Waals surface area contributed by atoms with Crippen molar-refractivity contribution in [3.05, 3.63) is 41.7 Å². The van der Waals surface area contributed by atoms with Crippen LogP contribution in [0, 0.1) is 23.2 Å². The second kappa shape index (κ2) is 7.38. The maximum Gasteiger partial charge on any atom is 0.315 e. The molecule has 1 aromatic heterocycles. The molecule has 2 heterocycles. The van der Waals surface area contributed by atoms with Gasteiger partial charge in [-0.3, -0.25) is 9.78 Å². The van der Waals surface area contributed by atoms with Gasteiger partial charge in [-0.25, -0.2) is 0 Å². The molecule has 0 radical (unpaired) electrons. The van der Waals surface area contributed by atoms with Gasteiger partial charge in [-0.1, -0.05) is 38.0 Å². The Hall–Kier alpha value is -1.68. The lowest BCUT2D eigenvalue weighted by molar-refractivity contribution is -0.882. The lowest BCUT2D eigenvalue weighted by Crippen LogP contribution is -3.10. The van der Waals surface area contributed by atoms with E-state index in [4.69, 9.17) is 4.74 Å². The number of aromatic nitrogens is 1. The molecule has 1 N–H and O–H groups in total. The maximum absolute atomic E-state index is 12.7. The molecular weight excluding hydrogens is 336 g/mol. The number of hydrogen-bond donors (Lipinski definition) is 1. The number of allylic oxidation sites excluding steroid dienone is 1. The SMILES string of the molecule is C[C@@H]1CCC[C@]2(C)C[C@H]3OC(=O)[C@@H](C[NH+](C)CCc4ccccn4)[C@H]3C=C12. The molecule has 3 aliphatic rings. The van der Waals surface area contributed by atoms with E-state index in [0.29, 0.717) is 5.92 Å². The van der Waals surface area contributed by atoms with E-state index in [1.807, 2.05) is 18.3 Å². The van der Waals surface area contributed by atoms with Gasteiger partial charge in [0.15, 0.2) is 0 Å². The monoisotopic (exact) mass is 369 g/mol. The van der Waals surface area contributed by atoms with E-state index in [2.05, 4.69) is 38.0 Å². The number of nitrogens with one attached hydrogen (secondary N) is 1. The van der Waals surface area contributed by atoms with E-state index in [1.54, 1.807) is 5.57 Å². The summed E-state index contributed by atoms with van der Waals surface area (Å²) in [5.74, 6) is 0.944. The van der Waals surface area contributed by atoms with Crippen molar-refractivity contribution in [2.45, 2.75) is 52.1 Å². The first-order valence-corrected chi connectivity index (χ1v) is 10.6. The molecule has 4 rings (SSSR count). The molecule has 0 aromatic carbocycles. The summed E-state index contributed by atoms with van der Waals surface area (Å²) in [6.07, 6.45) is 10.2. The quantitative estimate of drug-likeness (QED) is 0.640. The van der Waals surface area contributed by atoms with Gasteiger partial charge < -0.3 is 9.64 Å². The van der Waals surface area contributed by atoms with Gasteiger partial charge >= 0.3 is 5.97 Å². The molecule has 0 bridgehead atoms. The van der Waals surface area contributed by atoms with E-state index in [0.717, 1.165) is 31.6 Å². The minimum Gasteiger partial charge on any atom is -0.461 e. The predicted octanol–water partition coefficient (Wildman–Crippen LogP) is 2.45. The van der Waals surface area contributed by atoms with E-state index in [-0.39, 0.29) is 29.3 Å². The van der Waals surface area contributed by atoms with Crippen LogP contribution >= 0.6 is 0 Å². The van der Waals surface area contributed by atoms with Gasteiger partial charge in [0.1, 0.15) is 12.0 Å². The van der Waals surface area contributed by atoms with Crippen LogP contribution in [0.4, 0.5) is 0 Å². The lowest BCUT2D eigenvalue weighted by Gasteiger charge is -2.46. The van der Waals surface area contributed by atoms with Crippen molar-refractivity contribution in [2.75, 3.05) is 20.1 Å². The van der Waals surface area contributed by atoms with Crippen molar-refractivity contribution in [2.24, 2.45) is 23.2 Å². The first-order valence-electron chi connectivity index (χ1n) is 10.6. The van der Waals surface area contributed by atoms with Crippen molar-refractivity contribution in [3.63, 3.8) is 0 Å². The summed E-state index contributed by atoms with van der Waals surface area (Å²) in [6.45, 7) is 6.58. The molecule has 0 spiro atoms. The number of nitrogens with zero attached hydrogens (tertiary/aromatic N) is 1. The highest BCUT2D eigenvalue weighted by atomic mass is 16.6. The van der Waals surface area contributed by atoms with Gasteiger partial charge in [0.05, 0.1) is 20.1 Å². The molecule has 4 heteroatoms. The highest BCUT2D eigenvalue weighted by molar-refractivity contribution is 5.76. The molecule has 1 saturated carbocycles. The fourth-order valence-corrected chi connectivity index (χ4v) is 5.65. The zero-order valence-electron chi connectivity index (χ0n) is 16.9. The number of fused-ring (bicyclic) bond motifs is 2. The smallest absolute Gasteiger partial charge is 0.315 e. The van der Waals surface area contributed by atoms with Gasteiger partial charge in [-0.15, -0.1) is 0 Å². The van der Waals surface area contributed by atoms with E-state index >= 15 is 0 Å². The molecule has 1 unspecified atom stereocenters. The zero-order valence-corrected chi connectivity index (χ0v) is 16.9. The van der Waals surface area contributed by atoms with Gasteiger partial charge in [-0.05, 0) is 42.7 Å². The topological polar surface area (TPSA) is 43.6 Å². The second-order valence-electron chi connectivity index (χ2n) is 9.32. The van der Waals surface area contributed by atoms with Crippen molar-refractivity contribution < 1.29 is 14.4 Å². The number of hydrogen-bond acceptors (Lipinski definition) is 3. The van der Waals surface area contributed by atoms with Crippen LogP contribution in [0.1, 0.15) is 45.2 Å². The molecule has 6 atom stereocenters. The number of pyridine rings is 1. The Morgan fingerprint density at radius 2 is 2.22 bits per heavy atom. The summed E-state index contributed by atoms with van der Waals surface area (Å²) < 4.78 is 5.88. The van der Waals surface area contributed by atoms with Crippen LogP contribution in [0.3, 0.4) is 0 Å². The maximum atomic E-state index is 12.7. The van der Waals surface area contributed by atoms with Crippen molar-refractivity contribution in [3.8, 4) is 0 Å². The van der Waals surface area contributed by atoms with Crippen LogP contribution in [-0.4, -0.2) is 37.2 Å². The van der Waals surface area contributed by atoms with Crippen LogP contribution < -0.4 is 4.90 Å². The summed E-state index contributed by atoms with van der Waals surface area (Å²) in [4.78, 5) is 18.5. The average Bonchev–Trinajstić information content (AvgIpc) is 2.93. The van der Waals surface area contributed by atoms with Crippen molar-refractivity contribution in [1.29, 1.82) is 0 Å². The van der Waals surface area contributed by atoms with Crippen LogP contribution in [0.15, 0.2) is 36.0 Å². The van der Waals surface area contributed by atoms with Crippen molar-refractivity contribution in [1.82, 2.24) is 4.98 Å². The van der Waals surface area contributed by atoms with Crippen LogP contribution in [0.25, 0.3) is 0 Å². The summed E-state index contributed by atoms with van der Waals surface area (Å²) in [6, 6.07) is 6.06. The molecule has 0 amide bonds. The highest BCUT2D eigenvalue weighted by Crippen LogP contribution is 2.53. The molecule has 2 fully saturated rings. The third-order valence-electron chi connectivity index (χ3n) is 7.18. The van der Waals surface area contributed by atoms with Crippen LogP contribution in [0.2, 0.25) is 0 Å². The summed E-state index contributed by atoms with van der Waals surface area (Å²) >= 11 is 0. The van der Waals surface area contributed by atoms with Crippen molar-refractivity contribution >= 4 is 5.97 Å². The third kappa shape index (κ3) is 3.69. The minimum atomic E-state index is 0.00455. The van der Waals surface area contributed by atoms with Gasteiger partial charge in [-0.2, -0.15) is 0 Å². The normalized spacial score (nSPS) is 36.4. The average molecular weight is 370 g/mol. The predicted molar refractivity (Wildman–Crippen MR) is 105 cm³/mol. The van der Waals surface area contributed by atoms with Crippen LogP contribution in [0.5, 0.6) is 0 Å². The molecule has 2 aliphatic carbocycles. The number of carbonyl (C=O) groups excluding carboxylic acids is 1. The standard InChI is InChI=1S/C23H32N2O2/c1-16-7-6-10-23(2)14-21-18(13-20(16)23)19(22(26)27-21)15-25(3)12-9-17-8-4-5-11-24-17/h4-5,8,11,13,16,18-19,21H,6-7,9-10,12,14-15H2,1-3H3/p+1/t16-,18-,19+,21-,23-/m1/s1. The molecule has 146 valence electrons. The molecule has 1 aromatic rings. The Kier molecular flexibility index (Phi) is 5.11. The molecule has 4 nitrogen and oxygen atoms in total. The van der Waals surface area contributed by atoms with E-state index < -0.39 is 0 Å². The summed E-state index contributed by atoms with van der Waals surface area (Å²) in [5.41, 5.74) is 2.96. The largest absolute Gasteiger partial charge is 0.461 e. The van der Waals surface area contributed by atoms with E-state index in [9.17, 15) is 4.79 Å².